The van der Waals surface area contributed by atoms with Crippen LogP contribution in [0.2, 0.25) is 0 Å². The van der Waals surface area contributed by atoms with E-state index in [1.807, 2.05) is 23.9 Å². The van der Waals surface area contributed by atoms with E-state index in [0.29, 0.717) is 22.5 Å². The number of para-hydroxylation sites is 1. The number of nitrogens with one attached hydrogen (secondary N) is 2. The number of carbonyl (C=O) groups excluding carboxylic acids is 1. The fraction of sp³-hybridized carbons (Fsp3) is 0.500. The molecule has 0 bridgehead atoms. The molecule has 19 heavy (non-hydrogen) atoms. The summed E-state index contributed by atoms with van der Waals surface area (Å²) >= 11 is 1.99. The minimum Gasteiger partial charge on any atom is -0.349 e. The van der Waals surface area contributed by atoms with Gasteiger partial charge in [-0.05, 0) is 37.1 Å². The van der Waals surface area contributed by atoms with Crippen molar-refractivity contribution in [3.63, 3.8) is 0 Å². The number of hydrogen-bond donors (Lipinski definition) is 3. The highest BCUT2D eigenvalue weighted by Crippen LogP contribution is 2.30. The highest BCUT2D eigenvalue weighted by Gasteiger charge is 2.26. The Balaban J connectivity index is 1.94. The van der Waals surface area contributed by atoms with Crippen LogP contribution in [0.25, 0.3) is 0 Å². The maximum Gasteiger partial charge on any atom is 0.253 e. The average Bonchev–Trinajstić information content (AvgIpc) is 2.86. The molecule has 2 unspecified atom stereocenters. The third kappa shape index (κ3) is 3.64. The summed E-state index contributed by atoms with van der Waals surface area (Å²) in [6.07, 6.45) is 3.34. The SMILES string of the molecule is CCSC1CCC(NC(=O)c2ccccc2NN)C1. The lowest BCUT2D eigenvalue weighted by molar-refractivity contribution is 0.0939. The third-order valence-corrected chi connectivity index (χ3v) is 4.68. The molecule has 104 valence electrons. The van der Waals surface area contributed by atoms with Gasteiger partial charge in [0.2, 0.25) is 0 Å². The summed E-state index contributed by atoms with van der Waals surface area (Å²) in [6, 6.07) is 7.59. The lowest BCUT2D eigenvalue weighted by atomic mass is 10.1. The third-order valence-electron chi connectivity index (χ3n) is 3.45. The van der Waals surface area contributed by atoms with E-state index in [4.69, 9.17) is 5.84 Å². The minimum absolute atomic E-state index is 0.0410. The van der Waals surface area contributed by atoms with Crippen LogP contribution in [0.5, 0.6) is 0 Å². The quantitative estimate of drug-likeness (QED) is 0.572. The molecule has 5 heteroatoms. The summed E-state index contributed by atoms with van der Waals surface area (Å²) in [4.78, 5) is 12.2. The van der Waals surface area contributed by atoms with E-state index in [2.05, 4.69) is 17.7 Å². The van der Waals surface area contributed by atoms with Crippen LogP contribution in [0.4, 0.5) is 5.69 Å². The monoisotopic (exact) mass is 279 g/mol. The second-order valence-corrected chi connectivity index (χ2v) is 6.33. The molecule has 0 aliphatic heterocycles. The predicted octanol–water partition coefficient (Wildman–Crippen LogP) is 2.38. The molecule has 0 aromatic heterocycles. The summed E-state index contributed by atoms with van der Waals surface area (Å²) in [5, 5.41) is 3.80. The second kappa shape index (κ2) is 6.82. The lowest BCUT2D eigenvalue weighted by Gasteiger charge is -2.15. The Morgan fingerprint density at radius 2 is 2.21 bits per heavy atom. The fourth-order valence-electron chi connectivity index (χ4n) is 2.53. The maximum absolute atomic E-state index is 12.2. The molecule has 1 aromatic carbocycles. The number of anilines is 1. The summed E-state index contributed by atoms with van der Waals surface area (Å²) in [5.74, 6) is 6.53. The average molecular weight is 279 g/mol. The van der Waals surface area contributed by atoms with Crippen molar-refractivity contribution < 1.29 is 4.79 Å². The first-order valence-electron chi connectivity index (χ1n) is 6.72. The Morgan fingerprint density at radius 1 is 1.42 bits per heavy atom. The molecule has 1 amide bonds. The van der Waals surface area contributed by atoms with E-state index >= 15 is 0 Å². The van der Waals surface area contributed by atoms with Crippen molar-refractivity contribution in [1.29, 1.82) is 0 Å². The number of rotatable bonds is 5. The first kappa shape index (κ1) is 14.2. The van der Waals surface area contributed by atoms with E-state index in [0.717, 1.165) is 18.6 Å². The molecular weight excluding hydrogens is 258 g/mol. The smallest absolute Gasteiger partial charge is 0.253 e. The highest BCUT2D eigenvalue weighted by atomic mass is 32.2. The fourth-order valence-corrected chi connectivity index (χ4v) is 3.67. The molecule has 1 fully saturated rings. The first-order valence-corrected chi connectivity index (χ1v) is 7.77. The van der Waals surface area contributed by atoms with Crippen LogP contribution < -0.4 is 16.6 Å². The molecule has 0 saturated heterocycles. The molecule has 0 radical (unpaired) electrons. The zero-order valence-corrected chi connectivity index (χ0v) is 12.0. The van der Waals surface area contributed by atoms with Crippen molar-refractivity contribution >= 4 is 23.4 Å². The molecular formula is C14H21N3OS. The molecule has 1 aromatic rings. The second-order valence-electron chi connectivity index (χ2n) is 4.75. The van der Waals surface area contributed by atoms with Crippen molar-refractivity contribution in [2.75, 3.05) is 11.2 Å². The minimum atomic E-state index is -0.0410. The van der Waals surface area contributed by atoms with Gasteiger partial charge in [-0.15, -0.1) is 0 Å². The van der Waals surface area contributed by atoms with Crippen molar-refractivity contribution in [3.8, 4) is 0 Å². The van der Waals surface area contributed by atoms with E-state index in [-0.39, 0.29) is 5.91 Å². The van der Waals surface area contributed by atoms with E-state index in [1.54, 1.807) is 12.1 Å². The van der Waals surface area contributed by atoms with E-state index in [9.17, 15) is 4.79 Å². The Bertz CT molecular complexity index is 438. The van der Waals surface area contributed by atoms with Gasteiger partial charge in [-0.3, -0.25) is 10.6 Å². The molecule has 4 N–H and O–H groups in total. The Kier molecular flexibility index (Phi) is 5.10. The van der Waals surface area contributed by atoms with Gasteiger partial charge in [-0.25, -0.2) is 0 Å². The van der Waals surface area contributed by atoms with Crippen LogP contribution in [0.15, 0.2) is 24.3 Å². The van der Waals surface area contributed by atoms with Gasteiger partial charge in [0.25, 0.3) is 5.91 Å². The van der Waals surface area contributed by atoms with Gasteiger partial charge in [0, 0.05) is 11.3 Å². The number of carbonyl (C=O) groups is 1. The van der Waals surface area contributed by atoms with Crippen LogP contribution in [0, 0.1) is 0 Å². The van der Waals surface area contributed by atoms with Gasteiger partial charge in [-0.1, -0.05) is 19.1 Å². The van der Waals surface area contributed by atoms with Gasteiger partial charge < -0.3 is 10.7 Å². The number of thioether (sulfide) groups is 1. The van der Waals surface area contributed by atoms with Crippen molar-refractivity contribution in [2.24, 2.45) is 5.84 Å². The van der Waals surface area contributed by atoms with Gasteiger partial charge in [-0.2, -0.15) is 11.8 Å². The molecule has 1 aliphatic rings. The van der Waals surface area contributed by atoms with Crippen molar-refractivity contribution in [3.05, 3.63) is 29.8 Å². The standard InChI is InChI=1S/C14H21N3OS/c1-2-19-11-8-7-10(9-11)16-14(18)12-5-3-4-6-13(12)17-15/h3-6,10-11,17H,2,7-9,15H2,1H3,(H,16,18). The molecule has 1 aliphatic carbocycles. The first-order chi connectivity index (χ1) is 9.24. The van der Waals surface area contributed by atoms with Crippen LogP contribution >= 0.6 is 11.8 Å². The molecule has 2 atom stereocenters. The van der Waals surface area contributed by atoms with Crippen molar-refractivity contribution in [1.82, 2.24) is 5.32 Å². The van der Waals surface area contributed by atoms with Gasteiger partial charge in [0.05, 0.1) is 11.3 Å². The van der Waals surface area contributed by atoms with Crippen LogP contribution in [-0.2, 0) is 0 Å². The van der Waals surface area contributed by atoms with Crippen LogP contribution in [-0.4, -0.2) is 23.0 Å². The Labute approximate surface area is 118 Å². The molecule has 0 heterocycles. The van der Waals surface area contributed by atoms with Crippen molar-refractivity contribution in [2.45, 2.75) is 37.5 Å². The molecule has 2 rings (SSSR count). The summed E-state index contributed by atoms with van der Waals surface area (Å²) < 4.78 is 0. The van der Waals surface area contributed by atoms with Gasteiger partial charge >= 0.3 is 0 Å². The van der Waals surface area contributed by atoms with E-state index < -0.39 is 0 Å². The van der Waals surface area contributed by atoms with Crippen LogP contribution in [0.3, 0.4) is 0 Å². The summed E-state index contributed by atoms with van der Waals surface area (Å²) in [7, 11) is 0. The highest BCUT2D eigenvalue weighted by molar-refractivity contribution is 7.99. The predicted molar refractivity (Wildman–Crippen MR) is 81.3 cm³/mol. The summed E-state index contributed by atoms with van der Waals surface area (Å²) in [6.45, 7) is 2.18. The van der Waals surface area contributed by atoms with Gasteiger partial charge in [0.1, 0.15) is 0 Å². The topological polar surface area (TPSA) is 67.2 Å². The molecule has 0 spiro atoms. The largest absolute Gasteiger partial charge is 0.349 e. The zero-order chi connectivity index (χ0) is 13.7. The zero-order valence-electron chi connectivity index (χ0n) is 11.2. The summed E-state index contributed by atoms with van der Waals surface area (Å²) in [5.41, 5.74) is 3.84. The number of benzene rings is 1. The Hall–Kier alpha value is -1.20. The number of amides is 1. The maximum atomic E-state index is 12.2. The molecule has 4 nitrogen and oxygen atoms in total. The number of hydrogen-bond acceptors (Lipinski definition) is 4. The van der Waals surface area contributed by atoms with Gasteiger partial charge in [0.15, 0.2) is 0 Å². The number of hydrazine groups is 1. The lowest BCUT2D eigenvalue weighted by Crippen LogP contribution is -2.33. The number of nitrogen functional groups attached to an aromatic ring is 1. The van der Waals surface area contributed by atoms with E-state index in [1.165, 1.54) is 6.42 Å². The normalized spacial score (nSPS) is 22.2. The van der Waals surface area contributed by atoms with Crippen LogP contribution in [0.1, 0.15) is 36.5 Å². The Morgan fingerprint density at radius 3 is 2.95 bits per heavy atom. The number of nitrogens with two attached hydrogens (primary N) is 1. The molecule has 1 saturated carbocycles.